The topological polar surface area (TPSA) is 49.3 Å². The van der Waals surface area contributed by atoms with E-state index in [0.29, 0.717) is 18.7 Å². The first-order chi connectivity index (χ1) is 9.22. The van der Waals surface area contributed by atoms with Crippen LogP contribution in [0.5, 0.6) is 0 Å². The van der Waals surface area contributed by atoms with E-state index in [4.69, 9.17) is 0 Å². The van der Waals surface area contributed by atoms with Crippen LogP contribution < -0.4 is 9.80 Å². The van der Waals surface area contributed by atoms with Crippen LogP contribution in [0.15, 0.2) is 12.4 Å². The Morgan fingerprint density at radius 1 is 1.42 bits per heavy atom. The molecule has 0 spiro atoms. The van der Waals surface area contributed by atoms with Crippen molar-refractivity contribution >= 4 is 17.4 Å². The second-order valence-corrected chi connectivity index (χ2v) is 5.62. The van der Waals surface area contributed by atoms with Gasteiger partial charge >= 0.3 is 0 Å². The van der Waals surface area contributed by atoms with Gasteiger partial charge in [0.25, 0.3) is 0 Å². The van der Waals surface area contributed by atoms with Crippen LogP contribution in [0.2, 0.25) is 0 Å². The molecule has 2 heterocycles. The largest absolute Gasteiger partial charge is 0.359 e. The van der Waals surface area contributed by atoms with Crippen LogP contribution in [0.1, 0.15) is 25.7 Å². The fraction of sp³-hybridized carbons (Fsp3) is 0.643. The molecule has 0 atom stereocenters. The van der Waals surface area contributed by atoms with Crippen molar-refractivity contribution in [2.45, 2.75) is 25.7 Å². The quantitative estimate of drug-likeness (QED) is 0.821. The van der Waals surface area contributed by atoms with E-state index in [9.17, 15) is 4.79 Å². The van der Waals surface area contributed by atoms with Gasteiger partial charge < -0.3 is 9.80 Å². The smallest absolute Gasteiger partial charge is 0.153 e. The fourth-order valence-corrected chi connectivity index (χ4v) is 2.70. The normalized spacial score (nSPS) is 19.6. The van der Waals surface area contributed by atoms with Gasteiger partial charge in [0.05, 0.1) is 6.54 Å². The Labute approximate surface area is 113 Å². The Kier molecular flexibility index (Phi) is 3.36. The minimum Gasteiger partial charge on any atom is -0.359 e. The van der Waals surface area contributed by atoms with Gasteiger partial charge in [-0.3, -0.25) is 4.79 Å². The average Bonchev–Trinajstić information content (AvgIpc) is 2.80. The van der Waals surface area contributed by atoms with E-state index in [1.54, 1.807) is 6.33 Å². The van der Waals surface area contributed by atoms with Gasteiger partial charge in [-0.2, -0.15) is 0 Å². The summed E-state index contributed by atoms with van der Waals surface area (Å²) >= 11 is 0. The molecule has 1 aliphatic carbocycles. The molecular formula is C14H20N4O. The Hall–Kier alpha value is -1.65. The molecular weight excluding hydrogens is 240 g/mol. The van der Waals surface area contributed by atoms with Gasteiger partial charge in [-0.05, 0) is 18.8 Å². The molecule has 5 nitrogen and oxygen atoms in total. The number of carbonyl (C=O) groups is 1. The maximum atomic E-state index is 11.3. The third-order valence-electron chi connectivity index (χ3n) is 4.14. The average molecular weight is 260 g/mol. The van der Waals surface area contributed by atoms with Crippen molar-refractivity contribution in [2.24, 2.45) is 5.92 Å². The zero-order valence-electron chi connectivity index (χ0n) is 11.4. The van der Waals surface area contributed by atoms with Gasteiger partial charge in [0.2, 0.25) is 0 Å². The number of anilines is 2. The number of nitrogens with zero attached hydrogens (tertiary/aromatic N) is 4. The zero-order valence-corrected chi connectivity index (χ0v) is 11.4. The summed E-state index contributed by atoms with van der Waals surface area (Å²) < 4.78 is 0. The lowest BCUT2D eigenvalue weighted by Crippen LogP contribution is -2.30. The van der Waals surface area contributed by atoms with Crippen molar-refractivity contribution in [3.63, 3.8) is 0 Å². The molecule has 19 heavy (non-hydrogen) atoms. The Balaban J connectivity index is 1.69. The van der Waals surface area contributed by atoms with Crippen molar-refractivity contribution in [2.75, 3.05) is 36.5 Å². The molecule has 5 heteroatoms. The first-order valence-electron chi connectivity index (χ1n) is 7.02. The van der Waals surface area contributed by atoms with Crippen molar-refractivity contribution in [1.29, 1.82) is 0 Å². The van der Waals surface area contributed by atoms with Gasteiger partial charge in [-0.15, -0.1) is 0 Å². The van der Waals surface area contributed by atoms with Gasteiger partial charge in [-0.1, -0.05) is 6.42 Å². The van der Waals surface area contributed by atoms with Crippen molar-refractivity contribution in [3.8, 4) is 0 Å². The Bertz CT molecular complexity index is 472. The molecule has 1 saturated carbocycles. The molecule has 0 N–H and O–H groups in total. The van der Waals surface area contributed by atoms with Crippen LogP contribution in [0.3, 0.4) is 0 Å². The minimum absolute atomic E-state index is 0.294. The SMILES string of the molecule is CN(CC1CCC1)c1cc(N2CCC(=O)C2)ncn1. The number of hydrogen-bond acceptors (Lipinski definition) is 5. The maximum Gasteiger partial charge on any atom is 0.153 e. The van der Waals surface area contributed by atoms with E-state index in [2.05, 4.69) is 21.9 Å². The highest BCUT2D eigenvalue weighted by molar-refractivity contribution is 5.86. The van der Waals surface area contributed by atoms with Crippen LogP contribution >= 0.6 is 0 Å². The summed E-state index contributed by atoms with van der Waals surface area (Å²) in [6.07, 6.45) is 6.28. The highest BCUT2D eigenvalue weighted by Gasteiger charge is 2.22. The van der Waals surface area contributed by atoms with Crippen molar-refractivity contribution in [1.82, 2.24) is 9.97 Å². The lowest BCUT2D eigenvalue weighted by atomic mass is 9.85. The Morgan fingerprint density at radius 2 is 2.26 bits per heavy atom. The maximum absolute atomic E-state index is 11.3. The lowest BCUT2D eigenvalue weighted by molar-refractivity contribution is -0.116. The third kappa shape index (κ3) is 2.69. The number of carbonyl (C=O) groups excluding carboxylic acids is 1. The second-order valence-electron chi connectivity index (χ2n) is 5.62. The fourth-order valence-electron chi connectivity index (χ4n) is 2.70. The van der Waals surface area contributed by atoms with Crippen molar-refractivity contribution < 1.29 is 4.79 Å². The predicted molar refractivity (Wildman–Crippen MR) is 74.5 cm³/mol. The summed E-state index contributed by atoms with van der Waals surface area (Å²) in [5.41, 5.74) is 0. The first kappa shape index (κ1) is 12.4. The van der Waals surface area contributed by atoms with E-state index in [1.165, 1.54) is 19.3 Å². The highest BCUT2D eigenvalue weighted by Crippen LogP contribution is 2.28. The van der Waals surface area contributed by atoms with E-state index in [0.717, 1.165) is 30.6 Å². The summed E-state index contributed by atoms with van der Waals surface area (Å²) in [5.74, 6) is 2.94. The summed E-state index contributed by atoms with van der Waals surface area (Å²) in [6.45, 7) is 2.33. The summed E-state index contributed by atoms with van der Waals surface area (Å²) in [4.78, 5) is 24.2. The van der Waals surface area contributed by atoms with Crippen molar-refractivity contribution in [3.05, 3.63) is 12.4 Å². The van der Waals surface area contributed by atoms with Crippen LogP contribution in [0, 0.1) is 5.92 Å². The molecule has 1 aromatic heterocycles. The number of aromatic nitrogens is 2. The number of hydrogen-bond donors (Lipinski definition) is 0. The van der Waals surface area contributed by atoms with Gasteiger partial charge in [0.1, 0.15) is 18.0 Å². The summed E-state index contributed by atoms with van der Waals surface area (Å²) in [7, 11) is 2.08. The molecule has 0 amide bonds. The van der Waals surface area contributed by atoms with Gasteiger partial charge in [0.15, 0.2) is 5.78 Å². The molecule has 102 valence electrons. The summed E-state index contributed by atoms with van der Waals surface area (Å²) in [6, 6.07) is 2.00. The zero-order chi connectivity index (χ0) is 13.2. The van der Waals surface area contributed by atoms with E-state index in [-0.39, 0.29) is 0 Å². The third-order valence-corrected chi connectivity index (χ3v) is 4.14. The van der Waals surface area contributed by atoms with Crippen LogP contribution in [-0.2, 0) is 4.79 Å². The van der Waals surface area contributed by atoms with Gasteiger partial charge in [-0.25, -0.2) is 9.97 Å². The van der Waals surface area contributed by atoms with Crippen LogP contribution in [0.4, 0.5) is 11.6 Å². The minimum atomic E-state index is 0.294. The van der Waals surface area contributed by atoms with E-state index >= 15 is 0 Å². The molecule has 0 unspecified atom stereocenters. The van der Waals surface area contributed by atoms with Crippen LogP contribution in [0.25, 0.3) is 0 Å². The molecule has 1 aliphatic heterocycles. The monoisotopic (exact) mass is 260 g/mol. The summed E-state index contributed by atoms with van der Waals surface area (Å²) in [5, 5.41) is 0. The molecule has 1 saturated heterocycles. The number of Topliss-reactive ketones (excluding diaryl/α,β-unsaturated/α-hetero) is 1. The molecule has 0 radical (unpaired) electrons. The molecule has 2 aliphatic rings. The molecule has 3 rings (SSSR count). The first-order valence-corrected chi connectivity index (χ1v) is 7.02. The predicted octanol–water partition coefficient (Wildman–Crippen LogP) is 1.49. The van der Waals surface area contributed by atoms with Gasteiger partial charge in [0, 0.05) is 32.6 Å². The highest BCUT2D eigenvalue weighted by atomic mass is 16.1. The number of rotatable bonds is 4. The van der Waals surface area contributed by atoms with E-state index in [1.807, 2.05) is 11.0 Å². The number of ketones is 1. The Morgan fingerprint density at radius 3 is 2.89 bits per heavy atom. The molecule has 0 bridgehead atoms. The standard InChI is InChI=1S/C14H20N4O/c1-17(8-11-3-2-4-11)13-7-14(16-10-15-13)18-6-5-12(19)9-18/h7,10-11H,2-6,8-9H2,1H3. The molecule has 2 fully saturated rings. The van der Waals surface area contributed by atoms with E-state index < -0.39 is 0 Å². The second kappa shape index (κ2) is 5.15. The molecule has 1 aromatic rings. The van der Waals surface area contributed by atoms with Crippen LogP contribution in [-0.4, -0.2) is 42.4 Å². The lowest BCUT2D eigenvalue weighted by Gasteiger charge is -2.31. The molecule has 0 aromatic carbocycles.